The van der Waals surface area contributed by atoms with Crippen LogP contribution in [0.3, 0.4) is 0 Å². The molecule has 1 N–H and O–H groups in total. The molecule has 2 aromatic rings. The number of carbonyl (C=O) groups excluding carboxylic acids is 3. The minimum atomic E-state index is -0.908. The maximum absolute atomic E-state index is 13.0. The zero-order valence-electron chi connectivity index (χ0n) is 16.6. The highest BCUT2D eigenvalue weighted by Gasteiger charge is 2.39. The van der Waals surface area contributed by atoms with E-state index in [1.807, 2.05) is 13.0 Å². The van der Waals surface area contributed by atoms with E-state index in [-0.39, 0.29) is 6.54 Å². The first-order valence-electron chi connectivity index (χ1n) is 9.73. The first-order valence-corrected chi connectivity index (χ1v) is 9.73. The minimum Gasteiger partial charge on any atom is -0.347 e. The lowest BCUT2D eigenvalue weighted by molar-refractivity contribution is -0.159. The summed E-state index contributed by atoms with van der Waals surface area (Å²) in [6.07, 6.45) is 1.78. The summed E-state index contributed by atoms with van der Waals surface area (Å²) in [5.41, 5.74) is 0.637. The van der Waals surface area contributed by atoms with E-state index in [9.17, 15) is 14.4 Å². The lowest BCUT2D eigenvalue weighted by Gasteiger charge is -2.37. The molecule has 1 saturated heterocycles. The van der Waals surface area contributed by atoms with Gasteiger partial charge in [0, 0.05) is 26.6 Å². The van der Waals surface area contributed by atoms with Crippen LogP contribution in [0.15, 0.2) is 34.9 Å². The molecule has 0 spiro atoms. The summed E-state index contributed by atoms with van der Waals surface area (Å²) >= 11 is 0. The van der Waals surface area contributed by atoms with Gasteiger partial charge in [0.15, 0.2) is 5.82 Å². The van der Waals surface area contributed by atoms with Gasteiger partial charge >= 0.3 is 11.8 Å². The van der Waals surface area contributed by atoms with Crippen LogP contribution in [0.4, 0.5) is 0 Å². The first kappa shape index (κ1) is 20.5. The number of aromatic nitrogens is 2. The molecule has 9 heteroatoms. The van der Waals surface area contributed by atoms with Crippen molar-refractivity contribution in [2.24, 2.45) is 0 Å². The lowest BCUT2D eigenvalue weighted by atomic mass is 10.0. The molecule has 0 aliphatic carbocycles. The van der Waals surface area contributed by atoms with Gasteiger partial charge in [0.25, 0.3) is 0 Å². The summed E-state index contributed by atoms with van der Waals surface area (Å²) in [6.45, 7) is 5.01. The predicted molar refractivity (Wildman–Crippen MR) is 103 cm³/mol. The Morgan fingerprint density at radius 3 is 2.62 bits per heavy atom. The van der Waals surface area contributed by atoms with Crippen LogP contribution in [0.1, 0.15) is 43.1 Å². The van der Waals surface area contributed by atoms with Crippen LogP contribution in [-0.2, 0) is 20.9 Å². The zero-order valence-corrected chi connectivity index (χ0v) is 16.6. The van der Waals surface area contributed by atoms with Crippen molar-refractivity contribution < 1.29 is 18.9 Å². The molecule has 1 aromatic heterocycles. The normalized spacial score (nSPS) is 15.5. The monoisotopic (exact) mass is 399 g/mol. The van der Waals surface area contributed by atoms with E-state index in [0.717, 1.165) is 12.8 Å². The van der Waals surface area contributed by atoms with Crippen molar-refractivity contribution in [3.63, 3.8) is 0 Å². The van der Waals surface area contributed by atoms with E-state index in [0.29, 0.717) is 36.9 Å². The highest BCUT2D eigenvalue weighted by molar-refractivity contribution is 6.35. The van der Waals surface area contributed by atoms with Gasteiger partial charge in [0.2, 0.25) is 11.8 Å². The number of aryl methyl sites for hydroxylation is 1. The first-order chi connectivity index (χ1) is 14.0. The second-order valence-corrected chi connectivity index (χ2v) is 6.90. The molecule has 0 bridgehead atoms. The number of rotatable bonds is 8. The number of hydrogen-bond donors (Lipinski definition) is 1. The Kier molecular flexibility index (Phi) is 6.58. The molecule has 2 heterocycles. The molecule has 154 valence electrons. The molecule has 3 rings (SSSR count). The molecule has 0 saturated carbocycles. The van der Waals surface area contributed by atoms with Crippen molar-refractivity contribution in [3.8, 4) is 0 Å². The molecule has 3 amide bonds. The van der Waals surface area contributed by atoms with E-state index in [2.05, 4.69) is 15.5 Å². The van der Waals surface area contributed by atoms with E-state index in [4.69, 9.17) is 4.52 Å². The number of unbranched alkanes of at least 4 members (excludes halogenated alkanes) is 1. The third kappa shape index (κ3) is 4.79. The minimum absolute atomic E-state index is 0.0676. The van der Waals surface area contributed by atoms with Crippen LogP contribution in [0.25, 0.3) is 0 Å². The fraction of sp³-hybridized carbons (Fsp3) is 0.450. The Balaban J connectivity index is 1.78. The molecule has 9 nitrogen and oxygen atoms in total. The Morgan fingerprint density at radius 2 is 1.97 bits per heavy atom. The summed E-state index contributed by atoms with van der Waals surface area (Å²) in [6, 6.07) is 8.04. The lowest BCUT2D eigenvalue weighted by Crippen LogP contribution is -2.57. The fourth-order valence-corrected chi connectivity index (χ4v) is 3.28. The van der Waals surface area contributed by atoms with Crippen molar-refractivity contribution in [2.45, 2.75) is 39.3 Å². The van der Waals surface area contributed by atoms with Gasteiger partial charge in [-0.25, -0.2) is 0 Å². The highest BCUT2D eigenvalue weighted by Crippen LogP contribution is 2.24. The summed E-state index contributed by atoms with van der Waals surface area (Å²) in [4.78, 5) is 45.3. The van der Waals surface area contributed by atoms with Crippen LogP contribution in [0.5, 0.6) is 0 Å². The van der Waals surface area contributed by atoms with Gasteiger partial charge < -0.3 is 19.6 Å². The quantitative estimate of drug-likeness (QED) is 0.669. The Hall–Kier alpha value is -3.23. The standard InChI is InChI=1S/C20H25N5O4/c1-3-4-10-24-11-12-25(20(28)19(24)27)17(15-8-6-5-7-9-15)18(26)21-13-16-22-14(2)29-23-16/h5-9,17H,3-4,10-13H2,1-2H3,(H,21,26)/t17-/m1/s1. The van der Waals surface area contributed by atoms with E-state index < -0.39 is 23.8 Å². The van der Waals surface area contributed by atoms with Crippen LogP contribution in [-0.4, -0.2) is 57.3 Å². The van der Waals surface area contributed by atoms with Crippen molar-refractivity contribution in [2.75, 3.05) is 19.6 Å². The SMILES string of the molecule is CCCCN1CCN([C@@H](C(=O)NCc2noc(C)n2)c2ccccc2)C(=O)C1=O. The zero-order chi connectivity index (χ0) is 20.8. The third-order valence-electron chi connectivity index (χ3n) is 4.79. The highest BCUT2D eigenvalue weighted by atomic mass is 16.5. The van der Waals surface area contributed by atoms with Gasteiger partial charge in [-0.05, 0) is 12.0 Å². The van der Waals surface area contributed by atoms with Crippen molar-refractivity contribution >= 4 is 17.7 Å². The molecule has 29 heavy (non-hydrogen) atoms. The van der Waals surface area contributed by atoms with Crippen molar-refractivity contribution in [1.29, 1.82) is 0 Å². The summed E-state index contributed by atoms with van der Waals surface area (Å²) in [7, 11) is 0. The maximum atomic E-state index is 13.0. The number of piperazine rings is 1. The summed E-state index contributed by atoms with van der Waals surface area (Å²) < 4.78 is 4.91. The van der Waals surface area contributed by atoms with Gasteiger partial charge in [-0.15, -0.1) is 0 Å². The predicted octanol–water partition coefficient (Wildman–Crippen LogP) is 1.21. The van der Waals surface area contributed by atoms with Gasteiger partial charge in [0.05, 0.1) is 6.54 Å². The Bertz CT molecular complexity index is 867. The van der Waals surface area contributed by atoms with Gasteiger partial charge in [-0.1, -0.05) is 48.8 Å². The number of hydrogen-bond acceptors (Lipinski definition) is 6. The molecule has 1 aromatic carbocycles. The molecule has 0 radical (unpaired) electrons. The van der Waals surface area contributed by atoms with Crippen molar-refractivity contribution in [3.05, 3.63) is 47.6 Å². The molecule has 1 fully saturated rings. The Morgan fingerprint density at radius 1 is 1.21 bits per heavy atom. The largest absolute Gasteiger partial charge is 0.347 e. The van der Waals surface area contributed by atoms with Crippen molar-refractivity contribution in [1.82, 2.24) is 25.3 Å². The maximum Gasteiger partial charge on any atom is 0.313 e. The molecule has 1 aliphatic heterocycles. The summed E-state index contributed by atoms with van der Waals surface area (Å²) in [5.74, 6) is -0.881. The van der Waals surface area contributed by atoms with Gasteiger partial charge in [-0.3, -0.25) is 14.4 Å². The number of nitrogens with one attached hydrogen (secondary N) is 1. The van der Waals surface area contributed by atoms with Gasteiger partial charge in [-0.2, -0.15) is 4.98 Å². The van der Waals surface area contributed by atoms with Gasteiger partial charge in [0.1, 0.15) is 6.04 Å². The van der Waals surface area contributed by atoms with Crippen LogP contribution >= 0.6 is 0 Å². The molecule has 1 aliphatic rings. The van der Waals surface area contributed by atoms with E-state index in [1.54, 1.807) is 36.1 Å². The number of nitrogens with zero attached hydrogens (tertiary/aromatic N) is 4. The van der Waals surface area contributed by atoms with Crippen LogP contribution in [0.2, 0.25) is 0 Å². The van der Waals surface area contributed by atoms with E-state index >= 15 is 0 Å². The fourth-order valence-electron chi connectivity index (χ4n) is 3.28. The average Bonchev–Trinajstić information content (AvgIpc) is 3.15. The summed E-state index contributed by atoms with van der Waals surface area (Å²) in [5, 5.41) is 6.50. The molecule has 1 atom stereocenters. The molecular weight excluding hydrogens is 374 g/mol. The second-order valence-electron chi connectivity index (χ2n) is 6.90. The average molecular weight is 399 g/mol. The number of carbonyl (C=O) groups is 3. The smallest absolute Gasteiger partial charge is 0.313 e. The van der Waals surface area contributed by atoms with Crippen LogP contribution < -0.4 is 5.32 Å². The molecule has 0 unspecified atom stereocenters. The number of amides is 3. The van der Waals surface area contributed by atoms with E-state index in [1.165, 1.54) is 4.90 Å². The molecular formula is C20H25N5O4. The van der Waals surface area contributed by atoms with Crippen LogP contribution in [0, 0.1) is 6.92 Å². The topological polar surface area (TPSA) is 109 Å². The third-order valence-corrected chi connectivity index (χ3v) is 4.79. The number of benzene rings is 1. The second kappa shape index (κ2) is 9.31. The Labute approximate surface area is 169 Å².